The molecule has 0 unspecified atom stereocenters. The number of carbonyl (C=O) groups excluding carboxylic acids is 1. The molecule has 0 rings (SSSR count). The van der Waals surface area contributed by atoms with Gasteiger partial charge in [-0.2, -0.15) is 0 Å². The van der Waals surface area contributed by atoms with Gasteiger partial charge in [0.05, 0.1) is 6.61 Å². The fraction of sp³-hybridized carbons (Fsp3) is 0.889. The normalized spacial score (nSPS) is 9.69. The molecule has 0 aromatic carbocycles. The van der Waals surface area contributed by atoms with Gasteiger partial charge < -0.3 is 15.7 Å². The highest BCUT2D eigenvalue weighted by molar-refractivity contribution is 5.73. The first kappa shape index (κ1) is 12.2. The summed E-state index contributed by atoms with van der Waals surface area (Å²) in [6, 6.07) is -0.189. The van der Waals surface area contributed by atoms with E-state index in [1.165, 1.54) is 12.8 Å². The van der Waals surface area contributed by atoms with Crippen molar-refractivity contribution in [2.75, 3.05) is 19.7 Å². The maximum Gasteiger partial charge on any atom is 0.314 e. The van der Waals surface area contributed by atoms with Gasteiger partial charge in [-0.1, -0.05) is 26.2 Å². The van der Waals surface area contributed by atoms with Crippen LogP contribution in [0.2, 0.25) is 0 Å². The number of urea groups is 1. The zero-order valence-electron chi connectivity index (χ0n) is 8.31. The molecule has 4 heteroatoms. The van der Waals surface area contributed by atoms with Crippen molar-refractivity contribution >= 4 is 6.03 Å². The molecule has 0 atom stereocenters. The van der Waals surface area contributed by atoms with E-state index in [0.717, 1.165) is 19.4 Å². The molecule has 0 aromatic rings. The molecule has 0 aliphatic carbocycles. The molecule has 2 amide bonds. The summed E-state index contributed by atoms with van der Waals surface area (Å²) >= 11 is 0. The van der Waals surface area contributed by atoms with Gasteiger partial charge in [0.2, 0.25) is 0 Å². The second kappa shape index (κ2) is 9.32. The topological polar surface area (TPSA) is 61.4 Å². The number of carbonyl (C=O) groups is 1. The average Bonchev–Trinajstić information content (AvgIpc) is 2.14. The summed E-state index contributed by atoms with van der Waals surface area (Å²) in [6.45, 7) is 3.18. The maximum absolute atomic E-state index is 10.9. The molecular weight excluding hydrogens is 168 g/mol. The van der Waals surface area contributed by atoms with Crippen LogP contribution >= 0.6 is 0 Å². The lowest BCUT2D eigenvalue weighted by Gasteiger charge is -2.05. The van der Waals surface area contributed by atoms with E-state index in [-0.39, 0.29) is 12.6 Å². The molecule has 0 saturated carbocycles. The van der Waals surface area contributed by atoms with Gasteiger partial charge in [0, 0.05) is 13.1 Å². The highest BCUT2D eigenvalue weighted by Gasteiger charge is 1.96. The highest BCUT2D eigenvalue weighted by atomic mass is 16.3. The quantitative estimate of drug-likeness (QED) is 0.519. The van der Waals surface area contributed by atoms with E-state index in [2.05, 4.69) is 17.6 Å². The Labute approximate surface area is 79.7 Å². The first-order valence-electron chi connectivity index (χ1n) is 4.93. The third-order valence-corrected chi connectivity index (χ3v) is 1.71. The number of amides is 2. The van der Waals surface area contributed by atoms with E-state index in [9.17, 15) is 4.79 Å². The monoisotopic (exact) mass is 188 g/mol. The van der Waals surface area contributed by atoms with Crippen LogP contribution in [0, 0.1) is 0 Å². The lowest BCUT2D eigenvalue weighted by Crippen LogP contribution is -2.37. The molecule has 0 aliphatic rings. The first-order chi connectivity index (χ1) is 6.31. The smallest absolute Gasteiger partial charge is 0.314 e. The average molecular weight is 188 g/mol. The highest BCUT2D eigenvalue weighted by Crippen LogP contribution is 1.96. The Hall–Kier alpha value is -0.770. The molecule has 0 heterocycles. The van der Waals surface area contributed by atoms with Gasteiger partial charge in [0.1, 0.15) is 0 Å². The van der Waals surface area contributed by atoms with Gasteiger partial charge in [0.25, 0.3) is 0 Å². The lowest BCUT2D eigenvalue weighted by atomic mass is 10.2. The number of rotatable bonds is 7. The van der Waals surface area contributed by atoms with Crippen molar-refractivity contribution in [2.24, 2.45) is 0 Å². The summed E-state index contributed by atoms with van der Waals surface area (Å²) in [5, 5.41) is 13.7. The number of unbranched alkanes of at least 4 members (excludes halogenated alkanes) is 3. The largest absolute Gasteiger partial charge is 0.395 e. The van der Waals surface area contributed by atoms with Crippen LogP contribution in [0.1, 0.15) is 32.6 Å². The van der Waals surface area contributed by atoms with Gasteiger partial charge in [-0.25, -0.2) is 4.79 Å². The molecule has 3 N–H and O–H groups in total. The lowest BCUT2D eigenvalue weighted by molar-refractivity contribution is 0.234. The minimum Gasteiger partial charge on any atom is -0.395 e. The van der Waals surface area contributed by atoms with Crippen LogP contribution in [0.15, 0.2) is 0 Å². The summed E-state index contributed by atoms with van der Waals surface area (Å²) in [6.07, 6.45) is 4.62. The molecule has 0 aromatic heterocycles. The van der Waals surface area contributed by atoms with Crippen LogP contribution in [0.5, 0.6) is 0 Å². The SMILES string of the molecule is CCCCCCNC(=O)NCCO. The number of hydrogen-bond donors (Lipinski definition) is 3. The van der Waals surface area contributed by atoms with E-state index in [1.54, 1.807) is 0 Å². The van der Waals surface area contributed by atoms with Crippen molar-refractivity contribution in [2.45, 2.75) is 32.6 Å². The van der Waals surface area contributed by atoms with Crippen molar-refractivity contribution in [1.29, 1.82) is 0 Å². The van der Waals surface area contributed by atoms with Crippen molar-refractivity contribution < 1.29 is 9.90 Å². The van der Waals surface area contributed by atoms with Gasteiger partial charge in [-0.3, -0.25) is 0 Å². The van der Waals surface area contributed by atoms with Crippen LogP contribution < -0.4 is 10.6 Å². The number of nitrogens with one attached hydrogen (secondary N) is 2. The summed E-state index contributed by atoms with van der Waals surface area (Å²) in [7, 11) is 0. The zero-order chi connectivity index (χ0) is 9.94. The Kier molecular flexibility index (Phi) is 8.77. The Morgan fingerprint density at radius 1 is 1.15 bits per heavy atom. The molecule has 13 heavy (non-hydrogen) atoms. The molecule has 0 fully saturated rings. The summed E-state index contributed by atoms with van der Waals surface area (Å²) in [4.78, 5) is 10.9. The third kappa shape index (κ3) is 9.14. The molecule has 0 radical (unpaired) electrons. The zero-order valence-corrected chi connectivity index (χ0v) is 8.31. The number of hydrogen-bond acceptors (Lipinski definition) is 2. The van der Waals surface area contributed by atoms with E-state index >= 15 is 0 Å². The Morgan fingerprint density at radius 3 is 2.46 bits per heavy atom. The maximum atomic E-state index is 10.9. The summed E-state index contributed by atoms with van der Waals surface area (Å²) < 4.78 is 0. The standard InChI is InChI=1S/C9H20N2O2/c1-2-3-4-5-6-10-9(13)11-7-8-12/h12H,2-8H2,1H3,(H2,10,11,13). The molecular formula is C9H20N2O2. The minimum absolute atomic E-state index is 0.0107. The van der Waals surface area contributed by atoms with Crippen molar-refractivity contribution in [1.82, 2.24) is 10.6 Å². The van der Waals surface area contributed by atoms with Crippen molar-refractivity contribution in [3.63, 3.8) is 0 Å². The Bertz CT molecular complexity index is 129. The summed E-state index contributed by atoms with van der Waals surface area (Å²) in [5.74, 6) is 0. The first-order valence-corrected chi connectivity index (χ1v) is 4.93. The van der Waals surface area contributed by atoms with E-state index < -0.39 is 0 Å². The van der Waals surface area contributed by atoms with Crippen LogP contribution in [0.4, 0.5) is 4.79 Å². The van der Waals surface area contributed by atoms with Gasteiger partial charge in [-0.05, 0) is 6.42 Å². The van der Waals surface area contributed by atoms with Gasteiger partial charge in [-0.15, -0.1) is 0 Å². The van der Waals surface area contributed by atoms with E-state index in [1.807, 2.05) is 0 Å². The minimum atomic E-state index is -0.189. The number of aliphatic hydroxyl groups excluding tert-OH is 1. The van der Waals surface area contributed by atoms with E-state index in [4.69, 9.17) is 5.11 Å². The van der Waals surface area contributed by atoms with Crippen LogP contribution in [0.25, 0.3) is 0 Å². The predicted molar refractivity (Wildman–Crippen MR) is 52.6 cm³/mol. The van der Waals surface area contributed by atoms with Crippen LogP contribution in [-0.2, 0) is 0 Å². The van der Waals surface area contributed by atoms with Crippen LogP contribution in [0.3, 0.4) is 0 Å². The van der Waals surface area contributed by atoms with Crippen molar-refractivity contribution in [3.05, 3.63) is 0 Å². The second-order valence-corrected chi connectivity index (χ2v) is 2.97. The van der Waals surface area contributed by atoms with Gasteiger partial charge in [0.15, 0.2) is 0 Å². The Balaban J connectivity index is 3.08. The summed E-state index contributed by atoms with van der Waals surface area (Å²) in [5.41, 5.74) is 0. The number of aliphatic hydroxyl groups is 1. The fourth-order valence-electron chi connectivity index (χ4n) is 0.986. The second-order valence-electron chi connectivity index (χ2n) is 2.97. The Morgan fingerprint density at radius 2 is 1.85 bits per heavy atom. The van der Waals surface area contributed by atoms with Gasteiger partial charge >= 0.3 is 6.03 Å². The molecule has 0 aliphatic heterocycles. The molecule has 78 valence electrons. The molecule has 0 saturated heterocycles. The molecule has 0 bridgehead atoms. The molecule has 4 nitrogen and oxygen atoms in total. The molecule has 0 spiro atoms. The van der Waals surface area contributed by atoms with E-state index in [0.29, 0.717) is 6.54 Å². The van der Waals surface area contributed by atoms with Crippen molar-refractivity contribution in [3.8, 4) is 0 Å². The fourth-order valence-corrected chi connectivity index (χ4v) is 0.986. The third-order valence-electron chi connectivity index (χ3n) is 1.71. The van der Waals surface area contributed by atoms with Crippen LogP contribution in [-0.4, -0.2) is 30.8 Å². The predicted octanol–water partition coefficient (Wildman–Crippen LogP) is 0.858.